The van der Waals surface area contributed by atoms with Crippen LogP contribution in [0.1, 0.15) is 42.1 Å². The van der Waals surface area contributed by atoms with Crippen molar-refractivity contribution in [1.82, 2.24) is 15.1 Å². The molecule has 1 aliphatic heterocycles. The summed E-state index contributed by atoms with van der Waals surface area (Å²) in [5.41, 5.74) is 0.690. The monoisotopic (exact) mass is 443 g/mol. The number of nitrogens with one attached hydrogen (secondary N) is 1. The Hall–Kier alpha value is -2.80. The van der Waals surface area contributed by atoms with Gasteiger partial charge in [0.15, 0.2) is 0 Å². The minimum absolute atomic E-state index is 0.00586. The third-order valence-electron chi connectivity index (χ3n) is 5.91. The molecule has 5 nitrogen and oxygen atoms in total. The Morgan fingerprint density at radius 3 is 2.31 bits per heavy atom. The SMILES string of the molecule is CCCN(CC(=O)NCCc1c(F)cccc1F)C1CCN(C(=O)c2ccccc2)CC1. The van der Waals surface area contributed by atoms with E-state index in [0.717, 1.165) is 25.8 Å². The second-order valence-electron chi connectivity index (χ2n) is 8.16. The zero-order valence-electron chi connectivity index (χ0n) is 18.5. The lowest BCUT2D eigenvalue weighted by Crippen LogP contribution is -2.49. The molecule has 1 N–H and O–H groups in total. The first-order valence-electron chi connectivity index (χ1n) is 11.3. The Labute approximate surface area is 188 Å². The van der Waals surface area contributed by atoms with Crippen molar-refractivity contribution in [2.24, 2.45) is 0 Å². The molecule has 1 aliphatic rings. The summed E-state index contributed by atoms with van der Waals surface area (Å²) in [4.78, 5) is 29.2. The van der Waals surface area contributed by atoms with E-state index in [9.17, 15) is 18.4 Å². The molecular formula is C25H31F2N3O2. The molecule has 0 unspecified atom stereocenters. The molecule has 32 heavy (non-hydrogen) atoms. The molecular weight excluding hydrogens is 412 g/mol. The van der Waals surface area contributed by atoms with Crippen molar-refractivity contribution in [3.63, 3.8) is 0 Å². The third kappa shape index (κ3) is 6.36. The van der Waals surface area contributed by atoms with Gasteiger partial charge in [0.05, 0.1) is 6.54 Å². The number of hydrogen-bond acceptors (Lipinski definition) is 3. The second kappa shape index (κ2) is 11.7. The van der Waals surface area contributed by atoms with Crippen LogP contribution in [-0.4, -0.2) is 60.4 Å². The van der Waals surface area contributed by atoms with Crippen LogP contribution in [0.25, 0.3) is 0 Å². The Balaban J connectivity index is 1.48. The summed E-state index contributed by atoms with van der Waals surface area (Å²) in [5, 5.41) is 2.78. The molecule has 0 atom stereocenters. The van der Waals surface area contributed by atoms with Gasteiger partial charge in [-0.3, -0.25) is 14.5 Å². The molecule has 2 amide bonds. The number of hydrogen-bond donors (Lipinski definition) is 1. The number of halogens is 2. The Morgan fingerprint density at radius 1 is 1.03 bits per heavy atom. The fraction of sp³-hybridized carbons (Fsp3) is 0.440. The van der Waals surface area contributed by atoms with Crippen LogP contribution in [0.4, 0.5) is 8.78 Å². The lowest BCUT2D eigenvalue weighted by molar-refractivity contribution is -0.123. The molecule has 3 rings (SSSR count). The fourth-order valence-corrected chi connectivity index (χ4v) is 4.21. The van der Waals surface area contributed by atoms with E-state index in [2.05, 4.69) is 17.1 Å². The molecule has 1 heterocycles. The quantitative estimate of drug-likeness (QED) is 0.644. The Bertz CT molecular complexity index is 879. The predicted octanol–water partition coefficient (Wildman–Crippen LogP) is 3.64. The summed E-state index contributed by atoms with van der Waals surface area (Å²) in [6.07, 6.45) is 2.65. The van der Waals surface area contributed by atoms with Gasteiger partial charge >= 0.3 is 0 Å². The summed E-state index contributed by atoms with van der Waals surface area (Å²) in [6, 6.07) is 13.3. The van der Waals surface area contributed by atoms with E-state index in [4.69, 9.17) is 0 Å². The van der Waals surface area contributed by atoms with Gasteiger partial charge in [0.25, 0.3) is 5.91 Å². The van der Waals surface area contributed by atoms with Crippen molar-refractivity contribution in [2.45, 2.75) is 38.6 Å². The standard InChI is InChI=1S/C25H31F2N3O2/c1-2-15-30(18-24(31)28-14-11-21-22(26)9-6-10-23(21)27)20-12-16-29(17-13-20)25(32)19-7-4-3-5-8-19/h3-10,20H,2,11-18H2,1H3,(H,28,31). The summed E-state index contributed by atoms with van der Waals surface area (Å²) in [7, 11) is 0. The highest BCUT2D eigenvalue weighted by atomic mass is 19.1. The fourth-order valence-electron chi connectivity index (χ4n) is 4.21. The Kier molecular flexibility index (Phi) is 8.73. The normalized spacial score (nSPS) is 14.6. The Morgan fingerprint density at radius 2 is 1.69 bits per heavy atom. The van der Waals surface area contributed by atoms with Gasteiger partial charge < -0.3 is 10.2 Å². The summed E-state index contributed by atoms with van der Waals surface area (Å²) in [5.74, 6) is -1.30. The van der Waals surface area contributed by atoms with Crippen molar-refractivity contribution in [3.8, 4) is 0 Å². The first-order valence-corrected chi connectivity index (χ1v) is 11.3. The highest BCUT2D eigenvalue weighted by Crippen LogP contribution is 2.19. The van der Waals surface area contributed by atoms with Crippen LogP contribution in [0.15, 0.2) is 48.5 Å². The van der Waals surface area contributed by atoms with Crippen molar-refractivity contribution in [1.29, 1.82) is 0 Å². The topological polar surface area (TPSA) is 52.7 Å². The largest absolute Gasteiger partial charge is 0.355 e. The van der Waals surface area contributed by atoms with E-state index in [-0.39, 0.29) is 42.9 Å². The van der Waals surface area contributed by atoms with Crippen LogP contribution >= 0.6 is 0 Å². The first-order chi connectivity index (χ1) is 15.5. The number of likely N-dealkylation sites (tertiary alicyclic amines) is 1. The van der Waals surface area contributed by atoms with Crippen LogP contribution in [0.2, 0.25) is 0 Å². The van der Waals surface area contributed by atoms with Gasteiger partial charge in [-0.2, -0.15) is 0 Å². The molecule has 0 aromatic heterocycles. The van der Waals surface area contributed by atoms with E-state index in [1.165, 1.54) is 18.2 Å². The van der Waals surface area contributed by atoms with Gasteiger partial charge in [0, 0.05) is 36.8 Å². The van der Waals surface area contributed by atoms with Crippen molar-refractivity contribution < 1.29 is 18.4 Å². The van der Waals surface area contributed by atoms with Gasteiger partial charge in [-0.25, -0.2) is 8.78 Å². The van der Waals surface area contributed by atoms with Gasteiger partial charge in [-0.1, -0.05) is 31.2 Å². The number of nitrogens with zero attached hydrogens (tertiary/aromatic N) is 2. The average Bonchev–Trinajstić information content (AvgIpc) is 2.81. The molecule has 1 saturated heterocycles. The molecule has 0 aliphatic carbocycles. The summed E-state index contributed by atoms with van der Waals surface area (Å²) in [6.45, 7) is 4.59. The molecule has 0 radical (unpaired) electrons. The van der Waals surface area contributed by atoms with Crippen molar-refractivity contribution in [2.75, 3.05) is 32.7 Å². The molecule has 7 heteroatoms. The lowest BCUT2D eigenvalue weighted by atomic mass is 10.0. The average molecular weight is 444 g/mol. The van der Waals surface area contributed by atoms with Gasteiger partial charge in [-0.15, -0.1) is 0 Å². The van der Waals surface area contributed by atoms with Crippen LogP contribution in [0.5, 0.6) is 0 Å². The zero-order chi connectivity index (χ0) is 22.9. The lowest BCUT2D eigenvalue weighted by Gasteiger charge is -2.38. The van der Waals surface area contributed by atoms with E-state index >= 15 is 0 Å². The molecule has 2 aromatic carbocycles. The molecule has 0 saturated carbocycles. The van der Waals surface area contributed by atoms with Crippen molar-refractivity contribution >= 4 is 11.8 Å². The number of carbonyl (C=O) groups is 2. The molecule has 0 bridgehead atoms. The predicted molar refractivity (Wildman–Crippen MR) is 120 cm³/mol. The minimum atomic E-state index is -0.594. The molecule has 172 valence electrons. The molecule has 0 spiro atoms. The van der Waals surface area contributed by atoms with E-state index in [1.807, 2.05) is 35.2 Å². The summed E-state index contributed by atoms with van der Waals surface area (Å²) < 4.78 is 27.5. The number of rotatable bonds is 9. The van der Waals surface area contributed by atoms with Crippen LogP contribution in [0, 0.1) is 11.6 Å². The van der Waals surface area contributed by atoms with E-state index in [0.29, 0.717) is 18.7 Å². The van der Waals surface area contributed by atoms with E-state index < -0.39 is 11.6 Å². The number of piperidine rings is 1. The number of carbonyl (C=O) groups excluding carboxylic acids is 2. The first kappa shape index (κ1) is 23.9. The van der Waals surface area contributed by atoms with Crippen LogP contribution in [-0.2, 0) is 11.2 Å². The van der Waals surface area contributed by atoms with Crippen LogP contribution in [0.3, 0.4) is 0 Å². The third-order valence-corrected chi connectivity index (χ3v) is 5.91. The maximum Gasteiger partial charge on any atom is 0.253 e. The highest BCUT2D eigenvalue weighted by molar-refractivity contribution is 5.94. The summed E-state index contributed by atoms with van der Waals surface area (Å²) >= 11 is 0. The maximum absolute atomic E-state index is 13.7. The van der Waals surface area contributed by atoms with Gasteiger partial charge in [-0.05, 0) is 56.5 Å². The smallest absolute Gasteiger partial charge is 0.253 e. The number of benzene rings is 2. The van der Waals surface area contributed by atoms with Gasteiger partial charge in [0.1, 0.15) is 11.6 Å². The highest BCUT2D eigenvalue weighted by Gasteiger charge is 2.28. The minimum Gasteiger partial charge on any atom is -0.355 e. The van der Waals surface area contributed by atoms with Crippen LogP contribution < -0.4 is 5.32 Å². The zero-order valence-corrected chi connectivity index (χ0v) is 18.5. The number of amides is 2. The van der Waals surface area contributed by atoms with E-state index in [1.54, 1.807) is 0 Å². The van der Waals surface area contributed by atoms with Crippen molar-refractivity contribution in [3.05, 3.63) is 71.3 Å². The maximum atomic E-state index is 13.7. The second-order valence-corrected chi connectivity index (χ2v) is 8.16. The molecule has 2 aromatic rings. The molecule has 1 fully saturated rings. The van der Waals surface area contributed by atoms with Gasteiger partial charge in [0.2, 0.25) is 5.91 Å².